The normalized spacial score (nSPS) is 14.7. The fraction of sp³-hybridized carbons (Fsp3) is 0.222. The van der Waals surface area contributed by atoms with Crippen molar-refractivity contribution in [3.63, 3.8) is 0 Å². The van der Waals surface area contributed by atoms with Gasteiger partial charge in [0.05, 0.1) is 17.6 Å². The molecule has 3 rings (SSSR count). The molecule has 26 heavy (non-hydrogen) atoms. The highest BCUT2D eigenvalue weighted by atomic mass is 32.2. The third-order valence-corrected chi connectivity index (χ3v) is 5.23. The van der Waals surface area contributed by atoms with Crippen molar-refractivity contribution in [3.8, 4) is 5.75 Å². The molecule has 0 unspecified atom stereocenters. The third-order valence-electron chi connectivity index (χ3n) is 3.93. The molecule has 0 spiro atoms. The fourth-order valence-corrected chi connectivity index (χ4v) is 3.31. The molecule has 0 aliphatic heterocycles. The number of amidine groups is 1. The first kappa shape index (κ1) is 17.9. The van der Waals surface area contributed by atoms with Crippen LogP contribution >= 0.6 is 0 Å². The van der Waals surface area contributed by atoms with Crippen molar-refractivity contribution < 1.29 is 17.9 Å². The zero-order chi connectivity index (χ0) is 18.7. The summed E-state index contributed by atoms with van der Waals surface area (Å²) in [6.45, 7) is 0. The van der Waals surface area contributed by atoms with Crippen molar-refractivity contribution >= 4 is 21.8 Å². The Balaban J connectivity index is 1.84. The first-order valence-corrected chi connectivity index (χ1v) is 9.49. The maximum Gasteiger partial charge on any atom is 0.284 e. The van der Waals surface area contributed by atoms with E-state index in [4.69, 9.17) is 10.5 Å². The second-order valence-corrected chi connectivity index (χ2v) is 7.53. The Bertz CT molecular complexity index is 949. The van der Waals surface area contributed by atoms with Gasteiger partial charge in [0, 0.05) is 11.6 Å². The number of rotatable bonds is 6. The molecule has 3 N–H and O–H groups in total. The summed E-state index contributed by atoms with van der Waals surface area (Å²) in [4.78, 5) is 11.9. The number of nitrogens with two attached hydrogens (primary N) is 1. The van der Waals surface area contributed by atoms with Crippen molar-refractivity contribution in [2.24, 2.45) is 10.1 Å². The van der Waals surface area contributed by atoms with Crippen molar-refractivity contribution in [2.45, 2.75) is 23.8 Å². The highest BCUT2D eigenvalue weighted by Gasteiger charge is 2.24. The van der Waals surface area contributed by atoms with Crippen molar-refractivity contribution in [1.82, 2.24) is 5.32 Å². The van der Waals surface area contributed by atoms with Gasteiger partial charge in [0.2, 0.25) is 0 Å². The summed E-state index contributed by atoms with van der Waals surface area (Å²) < 4.78 is 33.8. The van der Waals surface area contributed by atoms with Gasteiger partial charge in [-0.25, -0.2) is 0 Å². The molecule has 7 nitrogen and oxygen atoms in total. The van der Waals surface area contributed by atoms with Crippen molar-refractivity contribution in [1.29, 1.82) is 0 Å². The molecule has 136 valence electrons. The summed E-state index contributed by atoms with van der Waals surface area (Å²) in [5.41, 5.74) is 6.65. The Morgan fingerprint density at radius 2 is 1.81 bits per heavy atom. The third kappa shape index (κ3) is 4.02. The Kier molecular flexibility index (Phi) is 4.94. The molecule has 2 aromatic rings. The molecule has 2 aromatic carbocycles. The lowest BCUT2D eigenvalue weighted by atomic mass is 10.2. The average molecular weight is 373 g/mol. The van der Waals surface area contributed by atoms with E-state index in [9.17, 15) is 13.2 Å². The first-order valence-electron chi connectivity index (χ1n) is 8.05. The Labute approximate surface area is 151 Å². The molecule has 0 radical (unpaired) electrons. The minimum absolute atomic E-state index is 0.0432. The largest absolute Gasteiger partial charge is 0.496 e. The number of nitrogens with zero attached hydrogens (tertiary/aromatic N) is 1. The van der Waals surface area contributed by atoms with Crippen LogP contribution in [0.15, 0.2) is 57.8 Å². The van der Waals surface area contributed by atoms with Crippen LogP contribution in [0.3, 0.4) is 0 Å². The lowest BCUT2D eigenvalue weighted by Gasteiger charge is -2.08. The Hall–Kier alpha value is -2.87. The number of carbonyl (C=O) groups is 1. The molecule has 8 heteroatoms. The number of amides is 1. The van der Waals surface area contributed by atoms with E-state index in [2.05, 4.69) is 9.71 Å². The predicted octanol–water partition coefficient (Wildman–Crippen LogP) is 1.68. The van der Waals surface area contributed by atoms with Crippen LogP contribution in [-0.2, 0) is 10.0 Å². The molecule has 0 bridgehead atoms. The first-order chi connectivity index (χ1) is 12.4. The molecular weight excluding hydrogens is 354 g/mol. The van der Waals surface area contributed by atoms with Crippen LogP contribution in [0.5, 0.6) is 5.75 Å². The predicted molar refractivity (Wildman–Crippen MR) is 97.8 cm³/mol. The smallest absolute Gasteiger partial charge is 0.284 e. The molecule has 1 aliphatic rings. The van der Waals surface area contributed by atoms with Crippen LogP contribution in [0.25, 0.3) is 0 Å². The highest BCUT2D eigenvalue weighted by Crippen LogP contribution is 2.21. The van der Waals surface area contributed by atoms with E-state index >= 15 is 0 Å². The summed E-state index contributed by atoms with van der Waals surface area (Å²) in [6, 6.07) is 12.6. The van der Waals surface area contributed by atoms with Crippen molar-refractivity contribution in [3.05, 3.63) is 59.7 Å². The molecule has 0 heterocycles. The monoisotopic (exact) mass is 373 g/mol. The van der Waals surface area contributed by atoms with Crippen LogP contribution < -0.4 is 15.8 Å². The summed E-state index contributed by atoms with van der Waals surface area (Å²) in [5.74, 6) is 0.0440. The van der Waals surface area contributed by atoms with Crippen LogP contribution in [0.1, 0.15) is 28.8 Å². The molecular formula is C18H19N3O4S. The topological polar surface area (TPSA) is 111 Å². The van der Waals surface area contributed by atoms with Gasteiger partial charge >= 0.3 is 0 Å². The van der Waals surface area contributed by atoms with Gasteiger partial charge in [-0.15, -0.1) is 4.40 Å². The summed E-state index contributed by atoms with van der Waals surface area (Å²) in [6.07, 6.45) is 1.96. The van der Waals surface area contributed by atoms with Crippen LogP contribution in [-0.4, -0.2) is 33.3 Å². The van der Waals surface area contributed by atoms with Gasteiger partial charge < -0.3 is 15.8 Å². The van der Waals surface area contributed by atoms with Gasteiger partial charge in [-0.1, -0.05) is 12.1 Å². The minimum Gasteiger partial charge on any atom is -0.496 e. The van der Waals surface area contributed by atoms with Gasteiger partial charge in [0.15, 0.2) is 0 Å². The van der Waals surface area contributed by atoms with E-state index in [0.29, 0.717) is 16.9 Å². The maximum atomic E-state index is 12.5. The molecule has 0 saturated heterocycles. The summed E-state index contributed by atoms with van der Waals surface area (Å²) in [5, 5.41) is 2.84. The number of hydrogen-bond acceptors (Lipinski definition) is 4. The van der Waals surface area contributed by atoms with E-state index < -0.39 is 10.0 Å². The van der Waals surface area contributed by atoms with Crippen molar-refractivity contribution in [2.75, 3.05) is 7.11 Å². The van der Waals surface area contributed by atoms with Crippen LogP contribution in [0.4, 0.5) is 0 Å². The molecule has 0 aromatic heterocycles. The highest BCUT2D eigenvalue weighted by molar-refractivity contribution is 7.90. The lowest BCUT2D eigenvalue weighted by molar-refractivity contribution is 0.0951. The molecule has 1 aliphatic carbocycles. The standard InChI is InChI=1S/C18H19N3O4S/c1-25-16-5-3-2-4-15(16)17(19)21-26(23,24)14-10-6-12(7-11-14)18(22)20-13-8-9-13/h2-7,10-11,13H,8-9H2,1H3,(H2,19,21)(H,20,22). The van der Waals surface area contributed by atoms with E-state index in [0.717, 1.165) is 12.8 Å². The number of sulfonamides is 1. The number of para-hydroxylation sites is 1. The number of ether oxygens (including phenoxy) is 1. The van der Waals surface area contributed by atoms with Gasteiger partial charge in [-0.2, -0.15) is 8.42 Å². The molecule has 1 amide bonds. The van der Waals surface area contributed by atoms with E-state index in [1.54, 1.807) is 24.3 Å². The van der Waals surface area contributed by atoms with Crippen LogP contribution in [0, 0.1) is 0 Å². The SMILES string of the molecule is COc1ccccc1C(N)=NS(=O)(=O)c1ccc(C(=O)NC2CC2)cc1. The molecule has 0 atom stereocenters. The molecule has 1 saturated carbocycles. The van der Waals surface area contributed by atoms with E-state index in [1.807, 2.05) is 0 Å². The Morgan fingerprint density at radius 3 is 2.42 bits per heavy atom. The lowest BCUT2D eigenvalue weighted by Crippen LogP contribution is -2.25. The second kappa shape index (κ2) is 7.17. The fourth-order valence-electron chi connectivity index (χ4n) is 2.36. The second-order valence-electron chi connectivity index (χ2n) is 5.92. The number of hydrogen-bond donors (Lipinski definition) is 2. The molecule has 1 fully saturated rings. The zero-order valence-electron chi connectivity index (χ0n) is 14.2. The van der Waals surface area contributed by atoms with Gasteiger partial charge in [-0.3, -0.25) is 4.79 Å². The number of nitrogens with one attached hydrogen (secondary N) is 1. The summed E-state index contributed by atoms with van der Waals surface area (Å²) >= 11 is 0. The Morgan fingerprint density at radius 1 is 1.15 bits per heavy atom. The van der Waals surface area contributed by atoms with Gasteiger partial charge in [0.25, 0.3) is 15.9 Å². The number of carbonyl (C=O) groups excluding carboxylic acids is 1. The van der Waals surface area contributed by atoms with E-state index in [1.165, 1.54) is 31.4 Å². The number of methoxy groups -OCH3 is 1. The van der Waals surface area contributed by atoms with E-state index in [-0.39, 0.29) is 22.7 Å². The maximum absolute atomic E-state index is 12.5. The van der Waals surface area contributed by atoms with Gasteiger partial charge in [0.1, 0.15) is 11.6 Å². The quantitative estimate of drug-likeness (QED) is 0.591. The summed E-state index contributed by atoms with van der Waals surface area (Å²) in [7, 11) is -2.55. The zero-order valence-corrected chi connectivity index (χ0v) is 15.0. The average Bonchev–Trinajstić information content (AvgIpc) is 3.45. The minimum atomic E-state index is -4.01. The van der Waals surface area contributed by atoms with Crippen LogP contribution in [0.2, 0.25) is 0 Å². The van der Waals surface area contributed by atoms with Gasteiger partial charge in [-0.05, 0) is 49.2 Å². The number of benzene rings is 2.